The Morgan fingerprint density at radius 2 is 0.449 bits per heavy atom. The molecule has 0 atom stereocenters. The van der Waals surface area contributed by atoms with Gasteiger partial charge in [-0.05, 0) is 87.6 Å². The number of furan rings is 3. The molecule has 0 aliphatic heterocycles. The third kappa shape index (κ3) is 10.3. The molecule has 0 N–H and O–H groups in total. The standard InChI is InChI=1S/2C34H20N2O.C30H18N2O/c1-2-10-23(11-3-1)31-33(35-28-20-18-21-9-4-5-13-24(21)32(28)36-31)27-15-8-12-22-17-19-26-25-14-6-7-16-29(25)37-34(26)30(22)27;1-2-10-23(11-3-1)31-33(36-32-24-13-5-4-9-21(24)18-20-28(32)35-31)27-15-8-12-22-17-19-26-25-14-6-7-16-29(25)37-34(26)30(22)27;1-2-9-20(10-3-1)28-29(32-25-15-6-5-14-24(25)31-28)23-13-8-11-19-17-18-22-21-12-4-7-16-26(21)33-30(22)27(19)23/h2*1-20H;1-18H. The molecule has 6 heterocycles. The molecule has 0 unspecified atom stereocenters. The van der Waals surface area contributed by atoms with Crippen molar-refractivity contribution in [2.75, 3.05) is 0 Å². The summed E-state index contributed by atoms with van der Waals surface area (Å²) in [6.07, 6.45) is 0. The number of benzene rings is 17. The molecule has 6 aromatic heterocycles. The number of nitrogens with zero attached hydrogens (tertiary/aromatic N) is 6. The van der Waals surface area contributed by atoms with Crippen LogP contribution in [0.2, 0.25) is 0 Å². The Labute approximate surface area is 611 Å². The number of hydrogen-bond acceptors (Lipinski definition) is 9. The van der Waals surface area contributed by atoms with E-state index in [0.717, 1.165) is 220 Å². The van der Waals surface area contributed by atoms with Gasteiger partial charge in [0.05, 0.1) is 67.3 Å². The van der Waals surface area contributed by atoms with E-state index in [9.17, 15) is 0 Å². The molecule has 17 aromatic carbocycles. The van der Waals surface area contributed by atoms with E-state index in [0.29, 0.717) is 0 Å². The summed E-state index contributed by atoms with van der Waals surface area (Å²) in [7, 11) is 0. The van der Waals surface area contributed by atoms with Crippen molar-refractivity contribution in [2.45, 2.75) is 0 Å². The molecule has 0 saturated carbocycles. The number of aromatic nitrogens is 6. The average molecular weight is 1370 g/mol. The van der Waals surface area contributed by atoms with Gasteiger partial charge in [0.15, 0.2) is 0 Å². The van der Waals surface area contributed by atoms with E-state index in [2.05, 4.69) is 249 Å². The van der Waals surface area contributed by atoms with Crippen molar-refractivity contribution in [1.29, 1.82) is 0 Å². The SMILES string of the molecule is c1ccc(-c2nc3c(ccc4ccccc43)nc2-c2cccc3ccc4c5ccccc5oc4c23)cc1.c1ccc(-c2nc3ccc4ccccc4c3nc2-c2cccc3ccc4c5ccccc5oc4c23)cc1.c1ccc(-c2nc3ccccc3nc2-c2cccc3ccc4c5ccccc5oc4c23)cc1. The van der Waals surface area contributed by atoms with E-state index in [-0.39, 0.29) is 0 Å². The first kappa shape index (κ1) is 61.2. The first-order valence-corrected chi connectivity index (χ1v) is 35.9. The highest BCUT2D eigenvalue weighted by Crippen LogP contribution is 2.46. The molecule has 9 nitrogen and oxygen atoms in total. The summed E-state index contributed by atoms with van der Waals surface area (Å²) < 4.78 is 19.4. The van der Waals surface area contributed by atoms with E-state index >= 15 is 0 Å². The first-order chi connectivity index (χ1) is 53.1. The zero-order valence-corrected chi connectivity index (χ0v) is 57.4. The van der Waals surface area contributed by atoms with E-state index in [1.54, 1.807) is 0 Å². The van der Waals surface area contributed by atoms with Crippen LogP contribution in [0.15, 0.2) is 365 Å². The van der Waals surface area contributed by atoms with Gasteiger partial charge in [-0.1, -0.05) is 291 Å². The molecule has 0 amide bonds. The van der Waals surface area contributed by atoms with E-state index in [1.165, 1.54) is 0 Å². The summed E-state index contributed by atoms with van der Waals surface area (Å²) in [5.41, 5.74) is 22.0. The van der Waals surface area contributed by atoms with Crippen molar-refractivity contribution < 1.29 is 13.3 Å². The van der Waals surface area contributed by atoms with Crippen molar-refractivity contribution in [3.8, 4) is 67.5 Å². The van der Waals surface area contributed by atoms with Crippen molar-refractivity contribution in [1.82, 2.24) is 29.9 Å². The fraction of sp³-hybridized carbons (Fsp3) is 0. The second-order valence-corrected chi connectivity index (χ2v) is 27.0. The predicted molar refractivity (Wildman–Crippen MR) is 441 cm³/mol. The lowest BCUT2D eigenvalue weighted by atomic mass is 9.96. The van der Waals surface area contributed by atoms with Crippen molar-refractivity contribution in [3.05, 3.63) is 352 Å². The first-order valence-electron chi connectivity index (χ1n) is 35.9. The topological polar surface area (TPSA) is 117 Å². The maximum Gasteiger partial charge on any atom is 0.143 e. The average Bonchev–Trinajstić information content (AvgIpc) is 1.73. The maximum absolute atomic E-state index is 6.48. The normalized spacial score (nSPS) is 11.7. The van der Waals surface area contributed by atoms with Crippen LogP contribution >= 0.6 is 0 Å². The molecule has 0 saturated heterocycles. The molecule has 9 heteroatoms. The van der Waals surface area contributed by atoms with Gasteiger partial charge in [-0.25, -0.2) is 29.9 Å². The molecule has 0 bridgehead atoms. The van der Waals surface area contributed by atoms with Crippen LogP contribution in [-0.4, -0.2) is 29.9 Å². The molecule has 0 aliphatic carbocycles. The summed E-state index contributed by atoms with van der Waals surface area (Å²) in [5.74, 6) is 0. The lowest BCUT2D eigenvalue weighted by molar-refractivity contribution is 0.672. The van der Waals surface area contributed by atoms with Crippen LogP contribution in [0.5, 0.6) is 0 Å². The van der Waals surface area contributed by atoms with Crippen LogP contribution in [-0.2, 0) is 0 Å². The molecule has 0 fully saturated rings. The number of rotatable bonds is 6. The molecule has 0 spiro atoms. The molecule has 107 heavy (non-hydrogen) atoms. The monoisotopic (exact) mass is 1370 g/mol. The summed E-state index contributed by atoms with van der Waals surface area (Å²) in [6.45, 7) is 0. The van der Waals surface area contributed by atoms with Crippen LogP contribution in [0.3, 0.4) is 0 Å². The van der Waals surface area contributed by atoms with Gasteiger partial charge in [-0.3, -0.25) is 0 Å². The summed E-state index contributed by atoms with van der Waals surface area (Å²) in [4.78, 5) is 31.3. The molecule has 23 rings (SSSR count). The highest BCUT2D eigenvalue weighted by atomic mass is 16.3. The Balaban J connectivity index is 0.000000103. The Hall–Kier alpha value is -14.5. The number of fused-ring (bicyclic) bond motifs is 22. The Kier molecular flexibility index (Phi) is 14.4. The summed E-state index contributed by atoms with van der Waals surface area (Å²) in [6, 6.07) is 121. The highest BCUT2D eigenvalue weighted by Gasteiger charge is 2.24. The maximum atomic E-state index is 6.48. The summed E-state index contributed by atoms with van der Waals surface area (Å²) >= 11 is 0. The van der Waals surface area contributed by atoms with Crippen LogP contribution in [0.4, 0.5) is 0 Å². The fourth-order valence-corrected chi connectivity index (χ4v) is 15.8. The lowest BCUT2D eigenvalue weighted by Gasteiger charge is -2.14. The lowest BCUT2D eigenvalue weighted by Crippen LogP contribution is -1.97. The van der Waals surface area contributed by atoms with Gasteiger partial charge in [0.1, 0.15) is 33.5 Å². The van der Waals surface area contributed by atoms with E-state index in [1.807, 2.05) is 103 Å². The fourth-order valence-electron chi connectivity index (χ4n) is 15.8. The van der Waals surface area contributed by atoms with Gasteiger partial charge >= 0.3 is 0 Å². The van der Waals surface area contributed by atoms with Crippen LogP contribution in [0.25, 0.3) is 220 Å². The van der Waals surface area contributed by atoms with Crippen LogP contribution in [0, 0.1) is 0 Å². The Morgan fingerprint density at radius 3 is 0.850 bits per heavy atom. The molecule has 0 aliphatic rings. The van der Waals surface area contributed by atoms with Crippen LogP contribution < -0.4 is 0 Å². The number of para-hydroxylation sites is 5. The quantitative estimate of drug-likeness (QED) is 0.150. The van der Waals surface area contributed by atoms with Crippen molar-refractivity contribution in [2.24, 2.45) is 0 Å². The van der Waals surface area contributed by atoms with Crippen molar-refractivity contribution in [3.63, 3.8) is 0 Å². The van der Waals surface area contributed by atoms with Gasteiger partial charge in [0.25, 0.3) is 0 Å². The Bertz CT molecular complexity index is 7520. The third-order valence-corrected chi connectivity index (χ3v) is 20.8. The van der Waals surface area contributed by atoms with Gasteiger partial charge in [0, 0.05) is 92.6 Å². The number of hydrogen-bond donors (Lipinski definition) is 0. The van der Waals surface area contributed by atoms with Gasteiger partial charge in [0.2, 0.25) is 0 Å². The van der Waals surface area contributed by atoms with Gasteiger partial charge < -0.3 is 13.3 Å². The highest BCUT2D eigenvalue weighted by molar-refractivity contribution is 6.23. The second-order valence-electron chi connectivity index (χ2n) is 27.0. The largest absolute Gasteiger partial charge is 0.455 e. The van der Waals surface area contributed by atoms with Crippen LogP contribution in [0.1, 0.15) is 0 Å². The van der Waals surface area contributed by atoms with E-state index < -0.39 is 0 Å². The zero-order valence-electron chi connectivity index (χ0n) is 57.4. The minimum Gasteiger partial charge on any atom is -0.455 e. The van der Waals surface area contributed by atoms with Gasteiger partial charge in [-0.2, -0.15) is 0 Å². The van der Waals surface area contributed by atoms with Gasteiger partial charge in [-0.15, -0.1) is 0 Å². The minimum atomic E-state index is 0.854. The van der Waals surface area contributed by atoms with Crippen molar-refractivity contribution >= 4 is 153 Å². The smallest absolute Gasteiger partial charge is 0.143 e. The van der Waals surface area contributed by atoms with E-state index in [4.69, 9.17) is 43.2 Å². The third-order valence-electron chi connectivity index (χ3n) is 20.8. The molecular formula is C98H58N6O3. The zero-order chi connectivity index (χ0) is 70.5. The molecule has 0 radical (unpaired) electrons. The second kappa shape index (κ2) is 25.2. The Morgan fingerprint density at radius 1 is 0.168 bits per heavy atom. The molecular weight excluding hydrogens is 1310 g/mol. The molecule has 23 aromatic rings. The summed E-state index contributed by atoms with van der Waals surface area (Å²) in [5, 5.41) is 17.7. The predicted octanol–water partition coefficient (Wildman–Crippen LogP) is 26.4. The minimum absolute atomic E-state index is 0.854. The molecule has 498 valence electrons.